The van der Waals surface area contributed by atoms with Crippen LogP contribution in [-0.4, -0.2) is 19.5 Å². The highest BCUT2D eigenvalue weighted by molar-refractivity contribution is 5.77. The first-order valence-electron chi connectivity index (χ1n) is 4.48. The number of carbonyl (C=O) groups is 1. The first kappa shape index (κ1) is 11.6. The Balaban J connectivity index is 2.47. The van der Waals surface area contributed by atoms with Crippen LogP contribution >= 0.6 is 0 Å². The van der Waals surface area contributed by atoms with Crippen LogP contribution in [0.5, 0.6) is 0 Å². The number of nitrogens with one attached hydrogen (secondary N) is 2. The van der Waals surface area contributed by atoms with Crippen molar-refractivity contribution in [1.82, 2.24) is 10.6 Å². The van der Waals surface area contributed by atoms with Gasteiger partial charge < -0.3 is 10.6 Å². The minimum absolute atomic E-state index is 0.104. The average molecular weight is 214 g/mol. The summed E-state index contributed by atoms with van der Waals surface area (Å²) in [6, 6.07) is 3.35. The fraction of sp³-hybridized carbons (Fsp3) is 0.300. The summed E-state index contributed by atoms with van der Waals surface area (Å²) >= 11 is 0. The third-order valence-electron chi connectivity index (χ3n) is 1.89. The van der Waals surface area contributed by atoms with Gasteiger partial charge in [-0.1, -0.05) is 6.07 Å². The Hall–Kier alpha value is -1.49. The van der Waals surface area contributed by atoms with Gasteiger partial charge in [-0.05, 0) is 6.07 Å². The molecule has 0 atom stereocenters. The van der Waals surface area contributed by atoms with Gasteiger partial charge in [-0.3, -0.25) is 4.79 Å². The maximum absolute atomic E-state index is 13.1. The minimum atomic E-state index is -0.612. The number of hydrogen-bond acceptors (Lipinski definition) is 2. The molecular weight excluding hydrogens is 202 g/mol. The predicted molar refractivity (Wildman–Crippen MR) is 52.1 cm³/mol. The summed E-state index contributed by atoms with van der Waals surface area (Å²) in [5, 5.41) is 5.16. The monoisotopic (exact) mass is 214 g/mol. The molecule has 0 aromatic heterocycles. The van der Waals surface area contributed by atoms with Gasteiger partial charge in [0.25, 0.3) is 0 Å². The highest BCUT2D eigenvalue weighted by Gasteiger charge is 2.03. The summed E-state index contributed by atoms with van der Waals surface area (Å²) in [5.41, 5.74) is 0.334. The van der Waals surface area contributed by atoms with Crippen molar-refractivity contribution in [1.29, 1.82) is 0 Å². The van der Waals surface area contributed by atoms with Crippen molar-refractivity contribution in [3.8, 4) is 0 Å². The summed E-state index contributed by atoms with van der Waals surface area (Å²) in [4.78, 5) is 10.8. The van der Waals surface area contributed by atoms with E-state index in [0.29, 0.717) is 5.56 Å². The molecule has 82 valence electrons. The molecule has 1 aromatic rings. The number of likely N-dealkylation sites (N-methyl/N-ethyl adjacent to an activating group) is 1. The van der Waals surface area contributed by atoms with Crippen LogP contribution in [-0.2, 0) is 11.3 Å². The highest BCUT2D eigenvalue weighted by atomic mass is 19.1. The van der Waals surface area contributed by atoms with Crippen LogP contribution in [0.2, 0.25) is 0 Å². The van der Waals surface area contributed by atoms with E-state index in [4.69, 9.17) is 0 Å². The molecule has 0 aliphatic rings. The molecule has 0 aliphatic carbocycles. The van der Waals surface area contributed by atoms with Crippen LogP contribution in [0.4, 0.5) is 8.78 Å². The second-order valence-electron chi connectivity index (χ2n) is 3.01. The third-order valence-corrected chi connectivity index (χ3v) is 1.89. The molecule has 2 N–H and O–H groups in total. The van der Waals surface area contributed by atoms with E-state index in [1.807, 2.05) is 0 Å². The fourth-order valence-corrected chi connectivity index (χ4v) is 1.06. The van der Waals surface area contributed by atoms with Crippen molar-refractivity contribution in [2.45, 2.75) is 6.54 Å². The van der Waals surface area contributed by atoms with E-state index in [9.17, 15) is 13.6 Å². The maximum Gasteiger partial charge on any atom is 0.233 e. The topological polar surface area (TPSA) is 41.1 Å². The lowest BCUT2D eigenvalue weighted by Gasteiger charge is -2.05. The second-order valence-corrected chi connectivity index (χ2v) is 3.01. The van der Waals surface area contributed by atoms with E-state index in [2.05, 4.69) is 10.6 Å². The van der Waals surface area contributed by atoms with Gasteiger partial charge in [-0.15, -0.1) is 0 Å². The molecule has 0 bridgehead atoms. The summed E-state index contributed by atoms with van der Waals surface area (Å²) in [7, 11) is 1.52. The van der Waals surface area contributed by atoms with Gasteiger partial charge in [0.1, 0.15) is 11.6 Å². The predicted octanol–water partition coefficient (Wildman–Crippen LogP) is 0.800. The van der Waals surface area contributed by atoms with E-state index in [0.717, 1.165) is 6.07 Å². The quantitative estimate of drug-likeness (QED) is 0.778. The van der Waals surface area contributed by atoms with Gasteiger partial charge in [0, 0.05) is 25.2 Å². The van der Waals surface area contributed by atoms with E-state index in [1.54, 1.807) is 0 Å². The largest absolute Gasteiger partial charge is 0.358 e. The number of hydrogen-bond donors (Lipinski definition) is 2. The first-order chi connectivity index (χ1) is 7.13. The lowest BCUT2D eigenvalue weighted by Crippen LogP contribution is -2.31. The van der Waals surface area contributed by atoms with Crippen LogP contribution in [0.15, 0.2) is 18.2 Å². The Morgan fingerprint density at radius 1 is 1.40 bits per heavy atom. The molecule has 0 saturated heterocycles. The second kappa shape index (κ2) is 5.41. The third kappa shape index (κ3) is 3.63. The molecule has 0 aliphatic heterocycles. The van der Waals surface area contributed by atoms with Crippen molar-refractivity contribution >= 4 is 5.91 Å². The standard InChI is InChI=1S/C10H12F2N2O/c1-13-10(15)6-14-5-7-2-3-8(11)4-9(7)12/h2-4,14H,5-6H2,1H3,(H,13,15). The smallest absolute Gasteiger partial charge is 0.233 e. The van der Waals surface area contributed by atoms with Crippen molar-refractivity contribution < 1.29 is 13.6 Å². The number of carbonyl (C=O) groups excluding carboxylic acids is 1. The van der Waals surface area contributed by atoms with Gasteiger partial charge in [-0.2, -0.15) is 0 Å². The van der Waals surface area contributed by atoms with Gasteiger partial charge in [0.15, 0.2) is 0 Å². The molecule has 3 nitrogen and oxygen atoms in total. The molecule has 1 rings (SSSR count). The Kier molecular flexibility index (Phi) is 4.17. The lowest BCUT2D eigenvalue weighted by molar-refractivity contribution is -0.119. The van der Waals surface area contributed by atoms with Crippen molar-refractivity contribution in [3.05, 3.63) is 35.4 Å². The molecular formula is C10H12F2N2O. The molecule has 0 heterocycles. The molecule has 0 unspecified atom stereocenters. The number of benzene rings is 1. The van der Waals surface area contributed by atoms with Crippen molar-refractivity contribution in [2.24, 2.45) is 0 Å². The molecule has 0 saturated carbocycles. The first-order valence-corrected chi connectivity index (χ1v) is 4.48. The molecule has 15 heavy (non-hydrogen) atoms. The molecule has 1 aromatic carbocycles. The number of rotatable bonds is 4. The zero-order chi connectivity index (χ0) is 11.3. The van der Waals surface area contributed by atoms with E-state index >= 15 is 0 Å². The van der Waals surface area contributed by atoms with Gasteiger partial charge >= 0.3 is 0 Å². The molecule has 0 fully saturated rings. The van der Waals surface area contributed by atoms with Crippen LogP contribution in [0.25, 0.3) is 0 Å². The molecule has 5 heteroatoms. The highest BCUT2D eigenvalue weighted by Crippen LogP contribution is 2.08. The summed E-state index contributed by atoms with van der Waals surface area (Å²) in [6.07, 6.45) is 0. The summed E-state index contributed by atoms with van der Waals surface area (Å²) in [6.45, 7) is 0.298. The lowest BCUT2D eigenvalue weighted by atomic mass is 10.2. The summed E-state index contributed by atoms with van der Waals surface area (Å²) in [5.74, 6) is -1.40. The maximum atomic E-state index is 13.1. The fourth-order valence-electron chi connectivity index (χ4n) is 1.06. The van der Waals surface area contributed by atoms with Crippen molar-refractivity contribution in [3.63, 3.8) is 0 Å². The molecule has 0 spiro atoms. The SMILES string of the molecule is CNC(=O)CNCc1ccc(F)cc1F. The Labute approximate surface area is 86.5 Å². The van der Waals surface area contributed by atoms with Crippen LogP contribution in [0, 0.1) is 11.6 Å². The number of halogens is 2. The van der Waals surface area contributed by atoms with Crippen LogP contribution < -0.4 is 10.6 Å². The average Bonchev–Trinajstić information content (AvgIpc) is 2.21. The van der Waals surface area contributed by atoms with Gasteiger partial charge in [0.05, 0.1) is 6.54 Å². The van der Waals surface area contributed by atoms with Crippen LogP contribution in [0.3, 0.4) is 0 Å². The molecule has 1 amide bonds. The Morgan fingerprint density at radius 2 is 2.13 bits per heavy atom. The van der Waals surface area contributed by atoms with E-state index in [-0.39, 0.29) is 19.0 Å². The normalized spacial score (nSPS) is 10.1. The molecule has 0 radical (unpaired) electrons. The van der Waals surface area contributed by atoms with Crippen molar-refractivity contribution in [2.75, 3.05) is 13.6 Å². The zero-order valence-electron chi connectivity index (χ0n) is 8.31. The Bertz CT molecular complexity index is 355. The van der Waals surface area contributed by atoms with E-state index < -0.39 is 11.6 Å². The van der Waals surface area contributed by atoms with Gasteiger partial charge in [0.2, 0.25) is 5.91 Å². The Morgan fingerprint density at radius 3 is 2.73 bits per heavy atom. The number of amides is 1. The van der Waals surface area contributed by atoms with Crippen LogP contribution in [0.1, 0.15) is 5.56 Å². The van der Waals surface area contributed by atoms with Gasteiger partial charge in [-0.25, -0.2) is 8.78 Å². The minimum Gasteiger partial charge on any atom is -0.358 e. The summed E-state index contributed by atoms with van der Waals surface area (Å²) < 4.78 is 25.6. The van der Waals surface area contributed by atoms with E-state index in [1.165, 1.54) is 19.2 Å². The zero-order valence-corrected chi connectivity index (χ0v) is 8.31.